The Morgan fingerprint density at radius 2 is 1.89 bits per heavy atom. The van der Waals surface area contributed by atoms with E-state index in [-0.39, 0.29) is 5.91 Å². The second-order valence-corrected chi connectivity index (χ2v) is 6.37. The van der Waals surface area contributed by atoms with Gasteiger partial charge >= 0.3 is 0 Å². The zero-order valence-corrected chi connectivity index (χ0v) is 12.6. The van der Waals surface area contributed by atoms with Gasteiger partial charge in [0.05, 0.1) is 5.54 Å². The van der Waals surface area contributed by atoms with Crippen molar-refractivity contribution in [3.63, 3.8) is 0 Å². The zero-order valence-electron chi connectivity index (χ0n) is 11.1. The summed E-state index contributed by atoms with van der Waals surface area (Å²) in [5, 5.41) is 1.14. The average molecular weight is 301 g/mol. The molecule has 0 aromatic heterocycles. The predicted octanol–water partition coefficient (Wildman–Crippen LogP) is 3.08. The Labute approximate surface area is 123 Å². The lowest BCUT2D eigenvalue weighted by molar-refractivity contribution is -0.136. The third-order valence-electron chi connectivity index (χ3n) is 3.58. The van der Waals surface area contributed by atoms with Crippen molar-refractivity contribution in [1.82, 2.24) is 4.90 Å². The van der Waals surface area contributed by atoms with Crippen LogP contribution >= 0.6 is 23.2 Å². The van der Waals surface area contributed by atoms with Crippen molar-refractivity contribution in [3.8, 4) is 0 Å². The number of carbonyl (C=O) groups is 1. The molecule has 0 heterocycles. The van der Waals surface area contributed by atoms with Gasteiger partial charge in [-0.1, -0.05) is 23.2 Å². The third kappa shape index (κ3) is 3.41. The molecule has 19 heavy (non-hydrogen) atoms. The second-order valence-electron chi connectivity index (χ2n) is 5.50. The van der Waals surface area contributed by atoms with E-state index in [1.165, 1.54) is 0 Å². The van der Waals surface area contributed by atoms with E-state index in [0.717, 1.165) is 18.4 Å². The fraction of sp³-hybridized carbons (Fsp3) is 0.500. The van der Waals surface area contributed by atoms with Gasteiger partial charge in [-0.3, -0.25) is 4.79 Å². The van der Waals surface area contributed by atoms with E-state index >= 15 is 0 Å². The molecule has 5 heteroatoms. The number of halogens is 2. The summed E-state index contributed by atoms with van der Waals surface area (Å²) >= 11 is 11.9. The van der Waals surface area contributed by atoms with Gasteiger partial charge in [0.25, 0.3) is 0 Å². The summed E-state index contributed by atoms with van der Waals surface area (Å²) in [5.74, 6) is 0.275. The number of carbonyl (C=O) groups excluding carboxylic acids is 1. The highest BCUT2D eigenvalue weighted by molar-refractivity contribution is 6.34. The number of rotatable bonds is 4. The van der Waals surface area contributed by atoms with E-state index in [4.69, 9.17) is 28.9 Å². The van der Waals surface area contributed by atoms with Crippen LogP contribution in [0.15, 0.2) is 18.2 Å². The van der Waals surface area contributed by atoms with Crippen LogP contribution in [0.3, 0.4) is 0 Å². The summed E-state index contributed by atoms with van der Waals surface area (Å²) < 4.78 is 0. The van der Waals surface area contributed by atoms with Crippen LogP contribution in [-0.4, -0.2) is 23.4 Å². The molecule has 0 radical (unpaired) electrons. The summed E-state index contributed by atoms with van der Waals surface area (Å²) in [4.78, 5) is 14.0. The van der Waals surface area contributed by atoms with Gasteiger partial charge in [-0.2, -0.15) is 0 Å². The Hall–Kier alpha value is -0.770. The van der Waals surface area contributed by atoms with Crippen molar-refractivity contribution >= 4 is 29.1 Å². The van der Waals surface area contributed by atoms with Gasteiger partial charge in [0, 0.05) is 23.6 Å². The van der Waals surface area contributed by atoms with Crippen molar-refractivity contribution in [2.75, 3.05) is 7.05 Å². The maximum Gasteiger partial charge on any atom is 0.242 e. The maximum atomic E-state index is 12.4. The van der Waals surface area contributed by atoms with Crippen LogP contribution in [0.25, 0.3) is 0 Å². The van der Waals surface area contributed by atoms with Crippen molar-refractivity contribution in [2.45, 2.75) is 31.8 Å². The normalized spacial score (nSPS) is 17.9. The van der Waals surface area contributed by atoms with Crippen LogP contribution in [0.1, 0.15) is 25.3 Å². The summed E-state index contributed by atoms with van der Waals surface area (Å²) in [6, 6.07) is 5.29. The Morgan fingerprint density at radius 3 is 2.37 bits per heavy atom. The molecule has 1 fully saturated rings. The monoisotopic (exact) mass is 300 g/mol. The first-order valence-corrected chi connectivity index (χ1v) is 7.05. The van der Waals surface area contributed by atoms with E-state index in [9.17, 15) is 4.79 Å². The fourth-order valence-electron chi connectivity index (χ4n) is 2.32. The molecule has 0 bridgehead atoms. The molecule has 2 rings (SSSR count). The number of likely N-dealkylation sites (N-methyl/N-ethyl adjacent to an activating group) is 1. The minimum absolute atomic E-state index is 0.0360. The average Bonchev–Trinajstić information content (AvgIpc) is 3.10. The predicted molar refractivity (Wildman–Crippen MR) is 78.3 cm³/mol. The molecular formula is C14H18Cl2N2O. The van der Waals surface area contributed by atoms with Gasteiger partial charge in [0.2, 0.25) is 5.91 Å². The highest BCUT2D eigenvalue weighted by atomic mass is 35.5. The molecule has 1 saturated carbocycles. The fourth-order valence-corrected chi connectivity index (χ4v) is 2.89. The maximum absolute atomic E-state index is 12.4. The highest BCUT2D eigenvalue weighted by Crippen LogP contribution is 2.39. The topological polar surface area (TPSA) is 46.3 Å². The molecule has 3 nitrogen and oxygen atoms in total. The Morgan fingerprint density at radius 1 is 1.37 bits per heavy atom. The summed E-state index contributed by atoms with van der Waals surface area (Å²) in [5.41, 5.74) is 6.27. The molecule has 1 atom stereocenters. The number of amides is 1. The van der Waals surface area contributed by atoms with Crippen LogP contribution in [0.4, 0.5) is 0 Å². The molecule has 1 aliphatic rings. The lowest BCUT2D eigenvalue weighted by Crippen LogP contribution is -2.53. The van der Waals surface area contributed by atoms with Gasteiger partial charge in [-0.05, 0) is 49.4 Å². The molecule has 1 unspecified atom stereocenters. The van der Waals surface area contributed by atoms with Crippen molar-refractivity contribution in [3.05, 3.63) is 33.8 Å². The summed E-state index contributed by atoms with van der Waals surface area (Å²) in [6.07, 6.45) is 2.07. The first-order valence-electron chi connectivity index (χ1n) is 6.30. The van der Waals surface area contributed by atoms with E-state index in [0.29, 0.717) is 22.5 Å². The molecule has 2 N–H and O–H groups in total. The van der Waals surface area contributed by atoms with Gasteiger partial charge in [-0.25, -0.2) is 0 Å². The first-order chi connectivity index (χ1) is 8.80. The zero-order chi connectivity index (χ0) is 14.2. The molecule has 1 aromatic carbocycles. The minimum Gasteiger partial charge on any atom is -0.340 e. The summed E-state index contributed by atoms with van der Waals surface area (Å²) in [7, 11) is 1.75. The first kappa shape index (κ1) is 14.6. The standard InChI is InChI=1S/C14H18Cl2N2O/c1-14(17,10-3-4-10)13(19)18(2)8-9-5-11(15)7-12(16)6-9/h5-7,10H,3-4,8,17H2,1-2H3. The molecule has 1 aliphatic carbocycles. The molecule has 0 spiro atoms. The number of hydrogen-bond donors (Lipinski definition) is 1. The van der Waals surface area contributed by atoms with Gasteiger partial charge in [0.1, 0.15) is 0 Å². The van der Waals surface area contributed by atoms with Crippen molar-refractivity contribution in [2.24, 2.45) is 11.7 Å². The molecule has 104 valence electrons. The van der Waals surface area contributed by atoms with Gasteiger partial charge in [-0.15, -0.1) is 0 Å². The smallest absolute Gasteiger partial charge is 0.242 e. The van der Waals surface area contributed by atoms with Crippen LogP contribution in [0, 0.1) is 5.92 Å². The van der Waals surface area contributed by atoms with Crippen LogP contribution < -0.4 is 5.73 Å². The molecular weight excluding hydrogens is 283 g/mol. The Bertz CT molecular complexity index is 478. The number of nitrogens with zero attached hydrogens (tertiary/aromatic N) is 1. The molecule has 0 aliphatic heterocycles. The van der Waals surface area contributed by atoms with E-state index < -0.39 is 5.54 Å². The van der Waals surface area contributed by atoms with E-state index in [1.807, 2.05) is 19.1 Å². The van der Waals surface area contributed by atoms with Crippen LogP contribution in [0.5, 0.6) is 0 Å². The Kier molecular flexibility index (Phi) is 4.09. The second kappa shape index (κ2) is 5.31. The number of nitrogens with two attached hydrogens (primary N) is 1. The number of hydrogen-bond acceptors (Lipinski definition) is 2. The van der Waals surface area contributed by atoms with Crippen molar-refractivity contribution in [1.29, 1.82) is 0 Å². The molecule has 1 amide bonds. The Balaban J connectivity index is 2.07. The van der Waals surface area contributed by atoms with E-state index in [2.05, 4.69) is 0 Å². The van der Waals surface area contributed by atoms with Crippen LogP contribution in [0.2, 0.25) is 10.0 Å². The molecule has 1 aromatic rings. The highest BCUT2D eigenvalue weighted by Gasteiger charge is 2.45. The third-order valence-corrected chi connectivity index (χ3v) is 4.01. The minimum atomic E-state index is -0.767. The van der Waals surface area contributed by atoms with Crippen molar-refractivity contribution < 1.29 is 4.79 Å². The summed E-state index contributed by atoms with van der Waals surface area (Å²) in [6.45, 7) is 2.27. The van der Waals surface area contributed by atoms with Gasteiger partial charge < -0.3 is 10.6 Å². The lowest BCUT2D eigenvalue weighted by atomic mass is 9.95. The van der Waals surface area contributed by atoms with E-state index in [1.54, 1.807) is 18.0 Å². The largest absolute Gasteiger partial charge is 0.340 e. The van der Waals surface area contributed by atoms with Crippen LogP contribution in [-0.2, 0) is 11.3 Å². The SMILES string of the molecule is CN(Cc1cc(Cl)cc(Cl)c1)C(=O)C(C)(N)C1CC1. The molecule has 0 saturated heterocycles. The lowest BCUT2D eigenvalue weighted by Gasteiger charge is -2.29. The number of benzene rings is 1. The quantitative estimate of drug-likeness (QED) is 0.929. The van der Waals surface area contributed by atoms with Gasteiger partial charge in [0.15, 0.2) is 0 Å².